The van der Waals surface area contributed by atoms with Crippen molar-refractivity contribution in [2.24, 2.45) is 0 Å². The Kier molecular flexibility index (Phi) is 2.59. The molecule has 1 fully saturated rings. The van der Waals surface area contributed by atoms with Crippen LogP contribution in [0.4, 0.5) is 14.5 Å². The summed E-state index contributed by atoms with van der Waals surface area (Å²) in [5.74, 6) is -2.63. The average Bonchev–Trinajstić information content (AvgIpc) is 2.78. The van der Waals surface area contributed by atoms with E-state index in [-0.39, 0.29) is 18.8 Å². The van der Waals surface area contributed by atoms with Gasteiger partial charge >= 0.3 is 0 Å². The van der Waals surface area contributed by atoms with E-state index in [9.17, 15) is 8.78 Å². The van der Waals surface area contributed by atoms with Crippen molar-refractivity contribution in [2.75, 3.05) is 5.73 Å². The van der Waals surface area contributed by atoms with Gasteiger partial charge in [0.1, 0.15) is 0 Å². The van der Waals surface area contributed by atoms with Gasteiger partial charge in [0.15, 0.2) is 0 Å². The molecule has 0 spiro atoms. The van der Waals surface area contributed by atoms with Gasteiger partial charge in [-0.2, -0.15) is 0 Å². The van der Waals surface area contributed by atoms with E-state index in [0.29, 0.717) is 0 Å². The van der Waals surface area contributed by atoms with Crippen LogP contribution in [-0.2, 0) is 0 Å². The number of hydrogen-bond acceptors (Lipinski definition) is 2. The fraction of sp³-hybridized carbons (Fsp3) is 0.357. The molecule has 1 saturated carbocycles. The summed E-state index contributed by atoms with van der Waals surface area (Å²) >= 11 is 0. The molecular formula is C14H15F2N3. The van der Waals surface area contributed by atoms with Crippen molar-refractivity contribution < 1.29 is 8.78 Å². The summed E-state index contributed by atoms with van der Waals surface area (Å²) in [5, 5.41) is 0. The molecule has 1 heterocycles. The standard InChI is InChI=1S/C14H15F2N3/c1-9-4-11(2-3-12(9)17)19-7-13(18-8-19)10-5-14(15,16)6-10/h2-4,7-8,10H,5-6,17H2,1H3. The first-order valence-electron chi connectivity index (χ1n) is 6.23. The molecule has 3 nitrogen and oxygen atoms in total. The van der Waals surface area contributed by atoms with Gasteiger partial charge in [0.05, 0.1) is 12.0 Å². The second-order valence-corrected chi connectivity index (χ2v) is 5.21. The number of aryl methyl sites for hydroxylation is 1. The van der Waals surface area contributed by atoms with Gasteiger partial charge in [-0.05, 0) is 30.7 Å². The van der Waals surface area contributed by atoms with Gasteiger partial charge in [0.25, 0.3) is 0 Å². The van der Waals surface area contributed by atoms with Crippen LogP contribution < -0.4 is 5.73 Å². The molecule has 5 heteroatoms. The van der Waals surface area contributed by atoms with Crippen LogP contribution >= 0.6 is 0 Å². The lowest BCUT2D eigenvalue weighted by Crippen LogP contribution is -2.33. The van der Waals surface area contributed by atoms with Crippen LogP contribution in [-0.4, -0.2) is 15.5 Å². The molecule has 0 amide bonds. The molecule has 0 saturated heterocycles. The number of aromatic nitrogens is 2. The molecule has 19 heavy (non-hydrogen) atoms. The predicted octanol–water partition coefficient (Wildman–Crippen LogP) is 3.28. The largest absolute Gasteiger partial charge is 0.399 e. The highest BCUT2D eigenvalue weighted by molar-refractivity contribution is 5.52. The molecule has 3 rings (SSSR count). The average molecular weight is 263 g/mol. The number of imidazole rings is 1. The van der Waals surface area contributed by atoms with Gasteiger partial charge in [-0.1, -0.05) is 0 Å². The van der Waals surface area contributed by atoms with E-state index in [1.165, 1.54) is 0 Å². The third kappa shape index (κ3) is 2.20. The van der Waals surface area contributed by atoms with Crippen molar-refractivity contribution in [1.29, 1.82) is 0 Å². The van der Waals surface area contributed by atoms with Crippen molar-refractivity contribution in [1.82, 2.24) is 9.55 Å². The van der Waals surface area contributed by atoms with Crippen molar-refractivity contribution >= 4 is 5.69 Å². The zero-order valence-electron chi connectivity index (χ0n) is 10.6. The Bertz CT molecular complexity index is 611. The Morgan fingerprint density at radius 1 is 1.37 bits per heavy atom. The molecule has 2 N–H and O–H groups in total. The number of anilines is 1. The topological polar surface area (TPSA) is 43.8 Å². The maximum atomic E-state index is 12.9. The Morgan fingerprint density at radius 2 is 2.11 bits per heavy atom. The molecule has 1 aromatic carbocycles. The lowest BCUT2D eigenvalue weighted by molar-refractivity contribution is -0.0875. The molecule has 0 atom stereocenters. The first-order chi connectivity index (χ1) is 8.94. The third-order valence-corrected chi connectivity index (χ3v) is 3.66. The smallest absolute Gasteiger partial charge is 0.249 e. The lowest BCUT2D eigenvalue weighted by Gasteiger charge is -2.33. The molecule has 1 aliphatic rings. The van der Waals surface area contributed by atoms with Gasteiger partial charge < -0.3 is 10.3 Å². The van der Waals surface area contributed by atoms with Crippen molar-refractivity contribution in [3.8, 4) is 5.69 Å². The Labute approximate surface area is 110 Å². The highest BCUT2D eigenvalue weighted by Crippen LogP contribution is 2.47. The van der Waals surface area contributed by atoms with Crippen LogP contribution in [0.25, 0.3) is 5.69 Å². The normalized spacial score (nSPS) is 18.3. The van der Waals surface area contributed by atoms with E-state index in [2.05, 4.69) is 4.98 Å². The first-order valence-corrected chi connectivity index (χ1v) is 6.23. The highest BCUT2D eigenvalue weighted by Gasteiger charge is 2.46. The van der Waals surface area contributed by atoms with E-state index < -0.39 is 5.92 Å². The van der Waals surface area contributed by atoms with Gasteiger partial charge in [-0.3, -0.25) is 0 Å². The summed E-state index contributed by atoms with van der Waals surface area (Å²) in [6.45, 7) is 1.93. The molecule has 0 aliphatic heterocycles. The number of nitrogen functional groups attached to an aromatic ring is 1. The Balaban J connectivity index is 1.83. The summed E-state index contributed by atoms with van der Waals surface area (Å²) in [7, 11) is 0. The summed E-state index contributed by atoms with van der Waals surface area (Å²) in [6, 6.07) is 5.68. The maximum absolute atomic E-state index is 12.9. The highest BCUT2D eigenvalue weighted by atomic mass is 19.3. The summed E-state index contributed by atoms with van der Waals surface area (Å²) in [5.41, 5.74) is 9.18. The van der Waals surface area contributed by atoms with Gasteiger partial charge in [0, 0.05) is 36.3 Å². The van der Waals surface area contributed by atoms with E-state index in [1.807, 2.05) is 35.9 Å². The van der Waals surface area contributed by atoms with Crippen LogP contribution in [0.15, 0.2) is 30.7 Å². The molecule has 1 aromatic heterocycles. The van der Waals surface area contributed by atoms with Crippen molar-refractivity contribution in [3.05, 3.63) is 42.0 Å². The second kappa shape index (κ2) is 4.05. The number of benzene rings is 1. The second-order valence-electron chi connectivity index (χ2n) is 5.21. The van der Waals surface area contributed by atoms with Crippen LogP contribution in [0.5, 0.6) is 0 Å². The Morgan fingerprint density at radius 3 is 2.74 bits per heavy atom. The molecular weight excluding hydrogens is 248 g/mol. The van der Waals surface area contributed by atoms with E-state index >= 15 is 0 Å². The van der Waals surface area contributed by atoms with Gasteiger partial charge in [0.2, 0.25) is 5.92 Å². The van der Waals surface area contributed by atoms with Crippen LogP contribution in [0.2, 0.25) is 0 Å². The Hall–Kier alpha value is -1.91. The minimum atomic E-state index is -2.51. The monoisotopic (exact) mass is 263 g/mol. The van der Waals surface area contributed by atoms with Crippen LogP contribution in [0.3, 0.4) is 0 Å². The minimum absolute atomic E-state index is 0.0925. The van der Waals surface area contributed by atoms with Crippen molar-refractivity contribution in [3.63, 3.8) is 0 Å². The van der Waals surface area contributed by atoms with Gasteiger partial charge in [-0.25, -0.2) is 13.8 Å². The quantitative estimate of drug-likeness (QED) is 0.845. The number of alkyl halides is 2. The lowest BCUT2D eigenvalue weighted by atomic mass is 9.79. The number of hydrogen-bond donors (Lipinski definition) is 1. The predicted molar refractivity (Wildman–Crippen MR) is 69.6 cm³/mol. The minimum Gasteiger partial charge on any atom is -0.399 e. The summed E-state index contributed by atoms with van der Waals surface area (Å²) in [4.78, 5) is 4.23. The first kappa shape index (κ1) is 12.1. The number of nitrogens with two attached hydrogens (primary N) is 1. The zero-order valence-corrected chi connectivity index (χ0v) is 10.6. The van der Waals surface area contributed by atoms with Crippen molar-refractivity contribution in [2.45, 2.75) is 31.6 Å². The zero-order chi connectivity index (χ0) is 13.6. The maximum Gasteiger partial charge on any atom is 0.249 e. The van der Waals surface area contributed by atoms with E-state index in [4.69, 9.17) is 5.73 Å². The molecule has 0 radical (unpaired) electrons. The fourth-order valence-electron chi connectivity index (χ4n) is 2.38. The van der Waals surface area contributed by atoms with Crippen LogP contribution in [0, 0.1) is 6.92 Å². The number of halogens is 2. The van der Waals surface area contributed by atoms with Gasteiger partial charge in [-0.15, -0.1) is 0 Å². The van der Waals surface area contributed by atoms with Crippen LogP contribution in [0.1, 0.15) is 30.0 Å². The number of rotatable bonds is 2. The summed E-state index contributed by atoms with van der Waals surface area (Å²) < 4.78 is 27.6. The number of nitrogens with zero attached hydrogens (tertiary/aromatic N) is 2. The molecule has 0 unspecified atom stereocenters. The fourth-order valence-corrected chi connectivity index (χ4v) is 2.38. The SMILES string of the molecule is Cc1cc(-n2cnc(C3CC(F)(F)C3)c2)ccc1N. The third-order valence-electron chi connectivity index (χ3n) is 3.66. The summed E-state index contributed by atoms with van der Waals surface area (Å²) in [6.07, 6.45) is 3.30. The molecule has 2 aromatic rings. The van der Waals surface area contributed by atoms with E-state index in [0.717, 1.165) is 22.6 Å². The van der Waals surface area contributed by atoms with E-state index in [1.54, 1.807) is 6.33 Å². The molecule has 1 aliphatic carbocycles. The molecule has 100 valence electrons. The molecule has 0 bridgehead atoms.